The van der Waals surface area contributed by atoms with E-state index in [1.54, 1.807) is 17.5 Å². The molecule has 1 saturated carbocycles. The fraction of sp³-hybridized carbons (Fsp3) is 0.316. The largest absolute Gasteiger partial charge is 0.336 e. The number of aromatic nitrogens is 3. The summed E-state index contributed by atoms with van der Waals surface area (Å²) in [6.45, 7) is 1.99. The molecule has 26 heavy (non-hydrogen) atoms. The predicted octanol–water partition coefficient (Wildman–Crippen LogP) is 4.12. The second kappa shape index (κ2) is 6.92. The van der Waals surface area contributed by atoms with Crippen molar-refractivity contribution in [2.24, 2.45) is 13.0 Å². The Hall–Kier alpha value is -2.67. The zero-order valence-electron chi connectivity index (χ0n) is 14.8. The van der Waals surface area contributed by atoms with Gasteiger partial charge in [0, 0.05) is 36.1 Å². The molecule has 134 valence electrons. The van der Waals surface area contributed by atoms with Crippen molar-refractivity contribution in [3.05, 3.63) is 52.9 Å². The van der Waals surface area contributed by atoms with Crippen molar-refractivity contribution in [1.29, 1.82) is 0 Å². The van der Waals surface area contributed by atoms with Crippen LogP contribution in [0.1, 0.15) is 29.7 Å². The van der Waals surface area contributed by atoms with Gasteiger partial charge >= 0.3 is 6.03 Å². The summed E-state index contributed by atoms with van der Waals surface area (Å²) >= 11 is 1.62. The molecular formula is C19H21N5OS. The maximum atomic E-state index is 12.5. The molecule has 2 aromatic heterocycles. The normalized spacial score (nSPS) is 14.8. The number of nitrogens with one attached hydrogen (secondary N) is 2. The van der Waals surface area contributed by atoms with Crippen LogP contribution in [-0.4, -0.2) is 20.6 Å². The minimum atomic E-state index is -0.212. The zero-order valence-corrected chi connectivity index (χ0v) is 15.6. The van der Waals surface area contributed by atoms with Crippen LogP contribution in [0.3, 0.4) is 0 Å². The van der Waals surface area contributed by atoms with E-state index in [0.717, 1.165) is 40.6 Å². The van der Waals surface area contributed by atoms with Crippen molar-refractivity contribution in [2.45, 2.75) is 25.8 Å². The molecule has 0 bridgehead atoms. The Kier molecular flexibility index (Phi) is 4.46. The monoisotopic (exact) mass is 367 g/mol. The van der Waals surface area contributed by atoms with E-state index in [1.165, 1.54) is 0 Å². The average molecular weight is 367 g/mol. The highest BCUT2D eigenvalue weighted by atomic mass is 32.1. The number of rotatable bonds is 5. The van der Waals surface area contributed by atoms with Gasteiger partial charge in [0.25, 0.3) is 0 Å². The van der Waals surface area contributed by atoms with E-state index in [4.69, 9.17) is 0 Å². The number of urea groups is 1. The first-order valence-electron chi connectivity index (χ1n) is 8.67. The molecule has 6 nitrogen and oxygen atoms in total. The summed E-state index contributed by atoms with van der Waals surface area (Å²) in [5.41, 5.74) is 2.68. The van der Waals surface area contributed by atoms with Gasteiger partial charge in [-0.25, -0.2) is 14.8 Å². The van der Waals surface area contributed by atoms with E-state index < -0.39 is 0 Å². The molecule has 1 aromatic carbocycles. The second-order valence-corrected chi connectivity index (χ2v) is 7.70. The molecule has 2 N–H and O–H groups in total. The van der Waals surface area contributed by atoms with E-state index in [-0.39, 0.29) is 12.1 Å². The number of hydrogen-bond acceptors (Lipinski definition) is 4. The third-order valence-corrected chi connectivity index (χ3v) is 5.33. The van der Waals surface area contributed by atoms with Crippen LogP contribution in [0.15, 0.2) is 42.0 Å². The number of carbonyl (C=O) groups excluding carboxylic acids is 1. The number of hydrogen-bond donors (Lipinski definition) is 2. The predicted molar refractivity (Wildman–Crippen MR) is 103 cm³/mol. The highest BCUT2D eigenvalue weighted by molar-refractivity contribution is 7.09. The Bertz CT molecular complexity index is 927. The van der Waals surface area contributed by atoms with Crippen LogP contribution in [0.5, 0.6) is 0 Å². The van der Waals surface area contributed by atoms with Crippen molar-refractivity contribution >= 4 is 23.1 Å². The van der Waals surface area contributed by atoms with E-state index >= 15 is 0 Å². The van der Waals surface area contributed by atoms with Crippen LogP contribution in [0.2, 0.25) is 0 Å². The van der Waals surface area contributed by atoms with Crippen molar-refractivity contribution in [1.82, 2.24) is 19.9 Å². The first kappa shape index (κ1) is 16.8. The van der Waals surface area contributed by atoms with Gasteiger partial charge < -0.3 is 15.2 Å². The van der Waals surface area contributed by atoms with Crippen LogP contribution >= 0.6 is 11.3 Å². The van der Waals surface area contributed by atoms with Gasteiger partial charge in [-0.1, -0.05) is 12.1 Å². The molecule has 1 atom stereocenters. The van der Waals surface area contributed by atoms with Crippen molar-refractivity contribution in [3.8, 4) is 11.3 Å². The number of anilines is 1. The summed E-state index contributed by atoms with van der Waals surface area (Å²) in [6.07, 6.45) is 5.92. The Morgan fingerprint density at radius 2 is 2.23 bits per heavy atom. The maximum absolute atomic E-state index is 12.5. The highest BCUT2D eigenvalue weighted by Gasteiger charge is 2.35. The SMILES string of the molecule is Cc1nc(-c2cccc(NC(=O)NC(c3nccn3C)C3CC3)c2)cs1. The molecule has 0 aliphatic heterocycles. The van der Waals surface area contributed by atoms with E-state index in [2.05, 4.69) is 20.6 Å². The van der Waals surface area contributed by atoms with Crippen LogP contribution in [-0.2, 0) is 7.05 Å². The molecule has 2 heterocycles. The second-order valence-electron chi connectivity index (χ2n) is 6.64. The van der Waals surface area contributed by atoms with Crippen LogP contribution in [0, 0.1) is 12.8 Å². The number of imidazole rings is 1. The quantitative estimate of drug-likeness (QED) is 0.712. The number of nitrogens with zero attached hydrogens (tertiary/aromatic N) is 3. The smallest absolute Gasteiger partial charge is 0.319 e. The first-order chi connectivity index (χ1) is 12.6. The number of benzene rings is 1. The lowest BCUT2D eigenvalue weighted by Gasteiger charge is -2.18. The molecule has 0 saturated heterocycles. The highest BCUT2D eigenvalue weighted by Crippen LogP contribution is 2.40. The van der Waals surface area contributed by atoms with Gasteiger partial charge in [-0.2, -0.15) is 0 Å². The molecule has 7 heteroatoms. The van der Waals surface area contributed by atoms with Crippen molar-refractivity contribution in [2.75, 3.05) is 5.32 Å². The Labute approximate surface area is 156 Å². The van der Waals surface area contributed by atoms with Crippen molar-refractivity contribution in [3.63, 3.8) is 0 Å². The summed E-state index contributed by atoms with van der Waals surface area (Å²) in [5, 5.41) is 9.08. The van der Waals surface area contributed by atoms with Crippen molar-refractivity contribution < 1.29 is 4.79 Å². The van der Waals surface area contributed by atoms with Crippen LogP contribution in [0.4, 0.5) is 10.5 Å². The van der Waals surface area contributed by atoms with Gasteiger partial charge in [0.15, 0.2) is 0 Å². The number of amides is 2. The van der Waals surface area contributed by atoms with E-state index in [9.17, 15) is 4.79 Å². The minimum absolute atomic E-state index is 0.0561. The number of thiazole rings is 1. The maximum Gasteiger partial charge on any atom is 0.319 e. The molecule has 0 spiro atoms. The molecule has 1 aliphatic rings. The van der Waals surface area contributed by atoms with Gasteiger partial charge in [0.2, 0.25) is 0 Å². The molecule has 1 fully saturated rings. The summed E-state index contributed by atoms with van der Waals surface area (Å²) in [7, 11) is 1.95. The fourth-order valence-electron chi connectivity index (χ4n) is 3.06. The Morgan fingerprint density at radius 1 is 1.38 bits per heavy atom. The van der Waals surface area contributed by atoms with E-state index in [1.807, 2.05) is 54.4 Å². The molecule has 2 amide bonds. The van der Waals surface area contributed by atoms with E-state index in [0.29, 0.717) is 5.92 Å². The molecule has 1 unspecified atom stereocenters. The summed E-state index contributed by atoms with van der Waals surface area (Å²) in [5.74, 6) is 1.36. The Balaban J connectivity index is 1.47. The zero-order chi connectivity index (χ0) is 18.1. The topological polar surface area (TPSA) is 71.8 Å². The molecular weight excluding hydrogens is 346 g/mol. The van der Waals surface area contributed by atoms with Crippen LogP contribution in [0.25, 0.3) is 11.3 Å². The third-order valence-electron chi connectivity index (χ3n) is 4.55. The van der Waals surface area contributed by atoms with Gasteiger partial charge in [-0.05, 0) is 37.8 Å². The van der Waals surface area contributed by atoms with Crippen LogP contribution < -0.4 is 10.6 Å². The molecule has 4 rings (SSSR count). The summed E-state index contributed by atoms with van der Waals surface area (Å²) in [4.78, 5) is 21.5. The fourth-order valence-corrected chi connectivity index (χ4v) is 3.68. The number of aryl methyl sites for hydroxylation is 2. The number of carbonyl (C=O) groups is 1. The standard InChI is InChI=1S/C19H21N5OS/c1-12-21-16(11-26-12)14-4-3-5-15(10-14)22-19(25)23-17(13-6-7-13)18-20-8-9-24(18)2/h3-5,8-11,13,17H,6-7H2,1-2H3,(H2,22,23,25). The lowest BCUT2D eigenvalue weighted by atomic mass is 10.1. The molecule has 3 aromatic rings. The Morgan fingerprint density at radius 3 is 2.88 bits per heavy atom. The lowest BCUT2D eigenvalue weighted by molar-refractivity contribution is 0.246. The van der Waals surface area contributed by atoms with Gasteiger partial charge in [0.05, 0.1) is 16.7 Å². The summed E-state index contributed by atoms with van der Waals surface area (Å²) in [6, 6.07) is 7.49. The minimum Gasteiger partial charge on any atom is -0.336 e. The van der Waals surface area contributed by atoms with Gasteiger partial charge in [-0.15, -0.1) is 11.3 Å². The average Bonchev–Trinajstić information content (AvgIpc) is 3.24. The summed E-state index contributed by atoms with van der Waals surface area (Å²) < 4.78 is 1.97. The van der Waals surface area contributed by atoms with Gasteiger partial charge in [-0.3, -0.25) is 0 Å². The lowest BCUT2D eigenvalue weighted by Crippen LogP contribution is -2.35. The molecule has 1 aliphatic carbocycles. The first-order valence-corrected chi connectivity index (χ1v) is 9.55. The molecule has 0 radical (unpaired) electrons. The third kappa shape index (κ3) is 3.62. The van der Waals surface area contributed by atoms with Gasteiger partial charge in [0.1, 0.15) is 5.82 Å².